The highest BCUT2D eigenvalue weighted by molar-refractivity contribution is 5.49. The molecule has 0 aromatic carbocycles. The van der Waals surface area contributed by atoms with Crippen molar-refractivity contribution in [3.63, 3.8) is 0 Å². The van der Waals surface area contributed by atoms with Crippen LogP contribution in [-0.4, -0.2) is 44.3 Å². The maximum Gasteiger partial charge on any atom is 0.131 e. The summed E-state index contributed by atoms with van der Waals surface area (Å²) < 4.78 is 0. The second kappa shape index (κ2) is 4.92. The van der Waals surface area contributed by atoms with Gasteiger partial charge in [-0.05, 0) is 25.0 Å². The molecule has 0 saturated carbocycles. The number of nitrogens with one attached hydrogen (secondary N) is 1. The van der Waals surface area contributed by atoms with Gasteiger partial charge in [0, 0.05) is 39.3 Å². The van der Waals surface area contributed by atoms with Gasteiger partial charge in [0.1, 0.15) is 11.6 Å². The molecule has 2 fully saturated rings. The van der Waals surface area contributed by atoms with Gasteiger partial charge in [-0.15, -0.1) is 0 Å². The van der Waals surface area contributed by atoms with Crippen LogP contribution in [0.4, 0.5) is 11.6 Å². The van der Waals surface area contributed by atoms with Crippen LogP contribution in [0.5, 0.6) is 0 Å². The SMILES string of the molecule is c1cc(N2CCCC2)nc(N2CCNCC2)c1. The highest BCUT2D eigenvalue weighted by Gasteiger charge is 2.16. The molecule has 0 spiro atoms. The predicted molar refractivity (Wildman–Crippen MR) is 70.8 cm³/mol. The molecule has 1 N–H and O–H groups in total. The molecule has 1 aromatic heterocycles. The fourth-order valence-electron chi connectivity index (χ4n) is 2.60. The van der Waals surface area contributed by atoms with Crippen LogP contribution in [0.2, 0.25) is 0 Å². The summed E-state index contributed by atoms with van der Waals surface area (Å²) in [6.07, 6.45) is 2.61. The van der Waals surface area contributed by atoms with Gasteiger partial charge < -0.3 is 15.1 Å². The van der Waals surface area contributed by atoms with E-state index in [2.05, 4.69) is 33.3 Å². The number of pyridine rings is 1. The van der Waals surface area contributed by atoms with E-state index in [-0.39, 0.29) is 0 Å². The third-order valence-corrected chi connectivity index (χ3v) is 3.59. The van der Waals surface area contributed by atoms with Gasteiger partial charge in [-0.25, -0.2) is 4.98 Å². The Balaban J connectivity index is 1.77. The third-order valence-electron chi connectivity index (χ3n) is 3.59. The minimum Gasteiger partial charge on any atom is -0.357 e. The van der Waals surface area contributed by atoms with Crippen molar-refractivity contribution in [1.82, 2.24) is 10.3 Å². The van der Waals surface area contributed by atoms with Crippen molar-refractivity contribution >= 4 is 11.6 Å². The lowest BCUT2D eigenvalue weighted by Crippen LogP contribution is -2.44. The first-order valence-corrected chi connectivity index (χ1v) is 6.61. The van der Waals surface area contributed by atoms with E-state index in [0.29, 0.717) is 0 Å². The molecule has 1 aromatic rings. The van der Waals surface area contributed by atoms with Crippen LogP contribution in [0.3, 0.4) is 0 Å². The van der Waals surface area contributed by atoms with Gasteiger partial charge in [0.05, 0.1) is 0 Å². The Hall–Kier alpha value is -1.29. The molecule has 0 aliphatic carbocycles. The van der Waals surface area contributed by atoms with Crippen LogP contribution in [0, 0.1) is 0 Å². The summed E-state index contributed by atoms with van der Waals surface area (Å²) >= 11 is 0. The number of piperazine rings is 1. The monoisotopic (exact) mass is 232 g/mol. The zero-order valence-electron chi connectivity index (χ0n) is 10.2. The Bertz CT molecular complexity index is 367. The Morgan fingerprint density at radius 2 is 1.47 bits per heavy atom. The fraction of sp³-hybridized carbons (Fsp3) is 0.615. The van der Waals surface area contributed by atoms with Gasteiger partial charge in [-0.2, -0.15) is 0 Å². The molecule has 2 aliphatic heterocycles. The Labute approximate surface area is 103 Å². The lowest BCUT2D eigenvalue weighted by molar-refractivity contribution is 0.585. The van der Waals surface area contributed by atoms with Crippen molar-refractivity contribution in [2.45, 2.75) is 12.8 Å². The maximum atomic E-state index is 4.80. The number of hydrogen-bond acceptors (Lipinski definition) is 4. The molecular weight excluding hydrogens is 212 g/mol. The molecule has 17 heavy (non-hydrogen) atoms. The van der Waals surface area contributed by atoms with E-state index in [0.717, 1.165) is 50.9 Å². The third kappa shape index (κ3) is 2.36. The second-order valence-electron chi connectivity index (χ2n) is 4.79. The summed E-state index contributed by atoms with van der Waals surface area (Å²) in [7, 11) is 0. The van der Waals surface area contributed by atoms with E-state index in [1.165, 1.54) is 12.8 Å². The van der Waals surface area contributed by atoms with Crippen LogP contribution < -0.4 is 15.1 Å². The first kappa shape index (κ1) is 10.8. The first-order valence-electron chi connectivity index (χ1n) is 6.61. The number of nitrogens with zero attached hydrogens (tertiary/aromatic N) is 3. The van der Waals surface area contributed by atoms with Crippen LogP contribution in [0.25, 0.3) is 0 Å². The summed E-state index contributed by atoms with van der Waals surface area (Å²) in [6, 6.07) is 6.40. The van der Waals surface area contributed by atoms with E-state index < -0.39 is 0 Å². The fourth-order valence-corrected chi connectivity index (χ4v) is 2.60. The summed E-state index contributed by atoms with van der Waals surface area (Å²) in [5, 5.41) is 3.37. The van der Waals surface area contributed by atoms with E-state index in [9.17, 15) is 0 Å². The van der Waals surface area contributed by atoms with Crippen LogP contribution in [0.15, 0.2) is 18.2 Å². The van der Waals surface area contributed by atoms with E-state index in [4.69, 9.17) is 4.98 Å². The van der Waals surface area contributed by atoms with E-state index in [1.807, 2.05) is 0 Å². The van der Waals surface area contributed by atoms with E-state index >= 15 is 0 Å². The van der Waals surface area contributed by atoms with Crippen molar-refractivity contribution in [2.24, 2.45) is 0 Å². The molecule has 0 amide bonds. The number of aromatic nitrogens is 1. The Morgan fingerprint density at radius 1 is 0.882 bits per heavy atom. The quantitative estimate of drug-likeness (QED) is 0.827. The molecule has 0 bridgehead atoms. The number of anilines is 2. The minimum atomic E-state index is 1.07. The zero-order valence-corrected chi connectivity index (χ0v) is 10.2. The molecular formula is C13H20N4. The van der Waals surface area contributed by atoms with Gasteiger partial charge in [0.2, 0.25) is 0 Å². The molecule has 4 nitrogen and oxygen atoms in total. The summed E-state index contributed by atoms with van der Waals surface area (Å²) in [5.74, 6) is 2.29. The summed E-state index contributed by atoms with van der Waals surface area (Å²) in [5.41, 5.74) is 0. The van der Waals surface area contributed by atoms with Crippen LogP contribution in [-0.2, 0) is 0 Å². The molecule has 0 radical (unpaired) electrons. The molecule has 0 unspecified atom stereocenters. The maximum absolute atomic E-state index is 4.80. The molecule has 2 aliphatic rings. The normalized spacial score (nSPS) is 20.9. The van der Waals surface area contributed by atoms with Gasteiger partial charge >= 0.3 is 0 Å². The smallest absolute Gasteiger partial charge is 0.131 e. The molecule has 0 atom stereocenters. The summed E-state index contributed by atoms with van der Waals surface area (Å²) in [4.78, 5) is 9.57. The lowest BCUT2D eigenvalue weighted by Gasteiger charge is -2.29. The number of hydrogen-bond donors (Lipinski definition) is 1. The van der Waals surface area contributed by atoms with Gasteiger partial charge in [-0.1, -0.05) is 6.07 Å². The predicted octanol–water partition coefficient (Wildman–Crippen LogP) is 1.09. The molecule has 2 saturated heterocycles. The topological polar surface area (TPSA) is 31.4 Å². The van der Waals surface area contributed by atoms with Crippen LogP contribution in [0.1, 0.15) is 12.8 Å². The average molecular weight is 232 g/mol. The van der Waals surface area contributed by atoms with Crippen molar-refractivity contribution in [1.29, 1.82) is 0 Å². The van der Waals surface area contributed by atoms with Crippen molar-refractivity contribution in [3.8, 4) is 0 Å². The van der Waals surface area contributed by atoms with Crippen molar-refractivity contribution < 1.29 is 0 Å². The molecule has 3 rings (SSSR count). The van der Waals surface area contributed by atoms with Gasteiger partial charge in [0.15, 0.2) is 0 Å². The minimum absolute atomic E-state index is 1.07. The molecule has 92 valence electrons. The number of rotatable bonds is 2. The standard InChI is InChI=1S/C13H20N4/c1-2-9-16(8-1)12-4-3-5-13(15-12)17-10-6-14-7-11-17/h3-5,14H,1-2,6-11H2. The van der Waals surface area contributed by atoms with Crippen molar-refractivity contribution in [3.05, 3.63) is 18.2 Å². The lowest BCUT2D eigenvalue weighted by atomic mass is 10.3. The molecule has 3 heterocycles. The highest BCUT2D eigenvalue weighted by Crippen LogP contribution is 2.21. The largest absolute Gasteiger partial charge is 0.357 e. The van der Waals surface area contributed by atoms with Gasteiger partial charge in [0.25, 0.3) is 0 Å². The van der Waals surface area contributed by atoms with E-state index in [1.54, 1.807) is 0 Å². The highest BCUT2D eigenvalue weighted by atomic mass is 15.3. The second-order valence-corrected chi connectivity index (χ2v) is 4.79. The molecule has 4 heteroatoms. The Kier molecular flexibility index (Phi) is 3.14. The van der Waals surface area contributed by atoms with Crippen LogP contribution >= 0.6 is 0 Å². The average Bonchev–Trinajstić information content (AvgIpc) is 2.94. The summed E-state index contributed by atoms with van der Waals surface area (Å²) in [6.45, 7) is 6.59. The Morgan fingerprint density at radius 3 is 2.12 bits per heavy atom. The van der Waals surface area contributed by atoms with Gasteiger partial charge in [-0.3, -0.25) is 0 Å². The van der Waals surface area contributed by atoms with Crippen molar-refractivity contribution in [2.75, 3.05) is 49.1 Å². The first-order chi connectivity index (χ1) is 8.43. The zero-order chi connectivity index (χ0) is 11.5.